The van der Waals surface area contributed by atoms with Crippen molar-refractivity contribution in [3.8, 4) is 28.5 Å². The second-order valence-electron chi connectivity index (χ2n) is 6.13. The van der Waals surface area contributed by atoms with Crippen LogP contribution in [0.25, 0.3) is 17.3 Å². The molecule has 0 saturated carbocycles. The number of carbonyl (C=O) groups excluding carboxylic acids is 1. The van der Waals surface area contributed by atoms with Crippen molar-refractivity contribution in [2.24, 2.45) is 0 Å². The van der Waals surface area contributed by atoms with E-state index in [1.54, 1.807) is 13.2 Å². The van der Waals surface area contributed by atoms with Gasteiger partial charge in [-0.1, -0.05) is 18.2 Å². The summed E-state index contributed by atoms with van der Waals surface area (Å²) < 4.78 is 16.5. The van der Waals surface area contributed by atoms with Crippen LogP contribution in [-0.2, 0) is 4.79 Å². The Labute approximate surface area is 180 Å². The molecule has 1 aromatic heterocycles. The number of amides is 1. The van der Waals surface area contributed by atoms with Gasteiger partial charge in [-0.3, -0.25) is 10.1 Å². The summed E-state index contributed by atoms with van der Waals surface area (Å²) in [6.07, 6.45) is 3.18. The minimum atomic E-state index is -0.262. The van der Waals surface area contributed by atoms with Crippen molar-refractivity contribution in [1.82, 2.24) is 4.98 Å². The van der Waals surface area contributed by atoms with E-state index < -0.39 is 0 Å². The number of hydrogen-bond acceptors (Lipinski definition) is 6. The Kier molecular flexibility index (Phi) is 7.45. The van der Waals surface area contributed by atoms with E-state index in [2.05, 4.69) is 10.3 Å². The van der Waals surface area contributed by atoms with Crippen molar-refractivity contribution in [2.45, 2.75) is 13.8 Å². The number of thiazole rings is 1. The molecule has 0 saturated heterocycles. The summed E-state index contributed by atoms with van der Waals surface area (Å²) in [5.41, 5.74) is 2.49. The van der Waals surface area contributed by atoms with Crippen LogP contribution in [-0.4, -0.2) is 31.2 Å². The number of rotatable bonds is 9. The minimum absolute atomic E-state index is 0.262. The molecule has 156 valence electrons. The maximum Gasteiger partial charge on any atom is 0.250 e. The highest BCUT2D eigenvalue weighted by molar-refractivity contribution is 7.14. The van der Waals surface area contributed by atoms with Crippen molar-refractivity contribution >= 4 is 28.5 Å². The van der Waals surface area contributed by atoms with Crippen LogP contribution in [0.4, 0.5) is 5.13 Å². The van der Waals surface area contributed by atoms with Crippen LogP contribution in [0.15, 0.2) is 53.9 Å². The molecule has 0 atom stereocenters. The summed E-state index contributed by atoms with van der Waals surface area (Å²) in [5.74, 6) is 1.80. The molecule has 1 heterocycles. The smallest absolute Gasteiger partial charge is 0.250 e. The Hall–Kier alpha value is -3.32. The molecule has 6 nitrogen and oxygen atoms in total. The highest BCUT2D eigenvalue weighted by Gasteiger charge is 2.11. The molecule has 0 bridgehead atoms. The summed E-state index contributed by atoms with van der Waals surface area (Å²) >= 11 is 1.37. The molecule has 1 N–H and O–H groups in total. The summed E-state index contributed by atoms with van der Waals surface area (Å²) in [7, 11) is 1.59. The largest absolute Gasteiger partial charge is 0.493 e. The predicted octanol–water partition coefficient (Wildman–Crippen LogP) is 5.27. The van der Waals surface area contributed by atoms with Crippen LogP contribution in [0, 0.1) is 0 Å². The Morgan fingerprint density at radius 1 is 1.07 bits per heavy atom. The number of anilines is 1. The van der Waals surface area contributed by atoms with E-state index >= 15 is 0 Å². The summed E-state index contributed by atoms with van der Waals surface area (Å²) in [6, 6.07) is 13.2. The summed E-state index contributed by atoms with van der Waals surface area (Å²) in [5, 5.41) is 5.22. The molecule has 30 heavy (non-hydrogen) atoms. The topological polar surface area (TPSA) is 69.7 Å². The number of ether oxygens (including phenoxy) is 3. The molecule has 3 aromatic rings. The van der Waals surface area contributed by atoms with Crippen molar-refractivity contribution in [3.63, 3.8) is 0 Å². The van der Waals surface area contributed by atoms with E-state index in [0.717, 1.165) is 22.6 Å². The summed E-state index contributed by atoms with van der Waals surface area (Å²) in [6.45, 7) is 4.98. The standard InChI is InChI=1S/C23H24N2O4S/c1-4-28-19-9-7-6-8-17(19)18-15-30-23(24-18)25-22(26)13-11-16-10-12-20(29-5-2)21(14-16)27-3/h6-15H,4-5H2,1-3H3,(H,24,25,26). The predicted molar refractivity (Wildman–Crippen MR) is 121 cm³/mol. The molecule has 0 aliphatic carbocycles. The number of aromatic nitrogens is 1. The van der Waals surface area contributed by atoms with Crippen LogP contribution in [0.2, 0.25) is 0 Å². The van der Waals surface area contributed by atoms with Crippen LogP contribution in [0.5, 0.6) is 17.2 Å². The Morgan fingerprint density at radius 2 is 1.83 bits per heavy atom. The fourth-order valence-corrected chi connectivity index (χ4v) is 3.51. The van der Waals surface area contributed by atoms with E-state index in [1.807, 2.05) is 61.7 Å². The number of nitrogens with zero attached hydrogens (tertiary/aromatic N) is 1. The van der Waals surface area contributed by atoms with Gasteiger partial charge in [0.1, 0.15) is 5.75 Å². The van der Waals surface area contributed by atoms with Gasteiger partial charge in [-0.25, -0.2) is 4.98 Å². The first-order valence-corrected chi connectivity index (χ1v) is 10.5. The molecule has 2 aromatic carbocycles. The van der Waals surface area contributed by atoms with Gasteiger partial charge in [-0.05, 0) is 49.8 Å². The van der Waals surface area contributed by atoms with Gasteiger partial charge in [-0.2, -0.15) is 0 Å². The zero-order valence-corrected chi connectivity index (χ0v) is 18.0. The normalized spacial score (nSPS) is 10.8. The van der Waals surface area contributed by atoms with Gasteiger partial charge in [0, 0.05) is 17.0 Å². The summed E-state index contributed by atoms with van der Waals surface area (Å²) in [4.78, 5) is 16.8. The molecule has 0 aliphatic heterocycles. The van der Waals surface area contributed by atoms with Crippen LogP contribution < -0.4 is 19.5 Å². The van der Waals surface area contributed by atoms with E-state index in [4.69, 9.17) is 14.2 Å². The van der Waals surface area contributed by atoms with Crippen molar-refractivity contribution in [3.05, 3.63) is 59.5 Å². The molecule has 0 fully saturated rings. The van der Waals surface area contributed by atoms with E-state index in [1.165, 1.54) is 17.4 Å². The van der Waals surface area contributed by atoms with Crippen LogP contribution >= 0.6 is 11.3 Å². The number of carbonyl (C=O) groups is 1. The average molecular weight is 425 g/mol. The third-order valence-electron chi connectivity index (χ3n) is 4.11. The molecule has 0 unspecified atom stereocenters. The SMILES string of the molecule is CCOc1ccc(C=CC(=O)Nc2nc(-c3ccccc3OCC)cs2)cc1OC. The van der Waals surface area contributed by atoms with Gasteiger partial charge in [-0.15, -0.1) is 11.3 Å². The zero-order valence-electron chi connectivity index (χ0n) is 17.2. The fourth-order valence-electron chi connectivity index (χ4n) is 2.80. The number of nitrogens with one attached hydrogen (secondary N) is 1. The number of para-hydroxylation sites is 1. The Bertz CT molecular complexity index is 1030. The minimum Gasteiger partial charge on any atom is -0.493 e. The maximum absolute atomic E-state index is 12.3. The highest BCUT2D eigenvalue weighted by atomic mass is 32.1. The second-order valence-corrected chi connectivity index (χ2v) is 6.99. The molecular formula is C23H24N2O4S. The second kappa shape index (κ2) is 10.5. The molecule has 0 radical (unpaired) electrons. The fraction of sp³-hybridized carbons (Fsp3) is 0.217. The first-order valence-electron chi connectivity index (χ1n) is 9.62. The van der Waals surface area contributed by atoms with E-state index in [0.29, 0.717) is 29.8 Å². The lowest BCUT2D eigenvalue weighted by atomic mass is 10.1. The molecule has 0 aliphatic rings. The lowest BCUT2D eigenvalue weighted by molar-refractivity contribution is -0.111. The first-order chi connectivity index (χ1) is 14.6. The lowest BCUT2D eigenvalue weighted by Gasteiger charge is -2.09. The quantitative estimate of drug-likeness (QED) is 0.474. The Morgan fingerprint density at radius 3 is 2.60 bits per heavy atom. The zero-order chi connectivity index (χ0) is 21.3. The third-order valence-corrected chi connectivity index (χ3v) is 4.87. The molecular weight excluding hydrogens is 400 g/mol. The van der Waals surface area contributed by atoms with Crippen molar-refractivity contribution in [1.29, 1.82) is 0 Å². The average Bonchev–Trinajstić information content (AvgIpc) is 3.22. The monoisotopic (exact) mass is 424 g/mol. The van der Waals surface area contributed by atoms with Crippen molar-refractivity contribution < 1.29 is 19.0 Å². The molecule has 7 heteroatoms. The number of hydrogen-bond donors (Lipinski definition) is 1. The van der Waals surface area contributed by atoms with Gasteiger partial charge in [0.2, 0.25) is 5.91 Å². The first kappa shape index (κ1) is 21.4. The van der Waals surface area contributed by atoms with Gasteiger partial charge in [0.25, 0.3) is 0 Å². The van der Waals surface area contributed by atoms with Gasteiger partial charge >= 0.3 is 0 Å². The van der Waals surface area contributed by atoms with Gasteiger partial charge in [0.05, 0.1) is 26.0 Å². The lowest BCUT2D eigenvalue weighted by Crippen LogP contribution is -2.07. The highest BCUT2D eigenvalue weighted by Crippen LogP contribution is 2.32. The van der Waals surface area contributed by atoms with Crippen LogP contribution in [0.3, 0.4) is 0 Å². The van der Waals surface area contributed by atoms with Gasteiger partial charge < -0.3 is 14.2 Å². The number of methoxy groups -OCH3 is 1. The van der Waals surface area contributed by atoms with Gasteiger partial charge in [0.15, 0.2) is 16.6 Å². The molecule has 3 rings (SSSR count). The molecule has 0 spiro atoms. The third kappa shape index (κ3) is 5.39. The Balaban J connectivity index is 1.68. The maximum atomic E-state index is 12.3. The molecule has 1 amide bonds. The van der Waals surface area contributed by atoms with E-state index in [9.17, 15) is 4.79 Å². The van der Waals surface area contributed by atoms with Crippen molar-refractivity contribution in [2.75, 3.05) is 25.6 Å². The van der Waals surface area contributed by atoms with E-state index in [-0.39, 0.29) is 5.91 Å². The number of benzene rings is 2. The van der Waals surface area contributed by atoms with Crippen LogP contribution in [0.1, 0.15) is 19.4 Å².